The summed E-state index contributed by atoms with van der Waals surface area (Å²) in [6, 6.07) is 6.47. The predicted octanol–water partition coefficient (Wildman–Crippen LogP) is 0.966. The van der Waals surface area contributed by atoms with Crippen molar-refractivity contribution in [2.45, 2.75) is 49.8 Å². The molecule has 8 heteroatoms. The Kier molecular flexibility index (Phi) is 5.96. The first-order valence-corrected chi connectivity index (χ1v) is 10.6. The van der Waals surface area contributed by atoms with E-state index in [9.17, 15) is 13.2 Å². The second kappa shape index (κ2) is 8.04. The fourth-order valence-electron chi connectivity index (χ4n) is 3.38. The summed E-state index contributed by atoms with van der Waals surface area (Å²) in [6.45, 7) is 6.44. The average molecular weight is 381 g/mol. The Bertz CT molecular complexity index is 729. The highest BCUT2D eigenvalue weighted by Crippen LogP contribution is 2.17. The lowest BCUT2D eigenvalue weighted by Crippen LogP contribution is -2.57. The number of hydrogen-bond acceptors (Lipinski definition) is 5. The number of carbonyl (C=O) groups excluding carboxylic acids is 1. The summed E-state index contributed by atoms with van der Waals surface area (Å²) < 4.78 is 32.8. The molecular formula is C18H27N3O4S. The summed E-state index contributed by atoms with van der Waals surface area (Å²) in [5, 5.41) is 3.34. The van der Waals surface area contributed by atoms with E-state index in [-0.39, 0.29) is 35.5 Å². The molecule has 2 heterocycles. The van der Waals surface area contributed by atoms with Crippen LogP contribution in [-0.2, 0) is 14.8 Å². The summed E-state index contributed by atoms with van der Waals surface area (Å²) in [7, 11) is -3.60. The number of nitrogens with zero attached hydrogens (tertiary/aromatic N) is 1. The minimum absolute atomic E-state index is 0.0539. The molecule has 1 aromatic rings. The largest absolute Gasteiger partial charge is 0.377 e. The maximum Gasteiger partial charge on any atom is 0.254 e. The first kappa shape index (κ1) is 19.3. The number of benzene rings is 1. The number of piperazine rings is 1. The van der Waals surface area contributed by atoms with Crippen molar-refractivity contribution < 1.29 is 17.9 Å². The second-order valence-electron chi connectivity index (χ2n) is 6.99. The molecule has 2 aliphatic heterocycles. The predicted molar refractivity (Wildman–Crippen MR) is 98.6 cm³/mol. The number of hydrogen-bond donors (Lipinski definition) is 2. The summed E-state index contributed by atoms with van der Waals surface area (Å²) in [4.78, 5) is 14.7. The lowest BCUT2D eigenvalue weighted by molar-refractivity contribution is 0.0603. The number of amides is 1. The van der Waals surface area contributed by atoms with Crippen LogP contribution in [0.2, 0.25) is 0 Å². The maximum absolute atomic E-state index is 12.7. The van der Waals surface area contributed by atoms with Gasteiger partial charge in [0.1, 0.15) is 0 Å². The van der Waals surface area contributed by atoms with Gasteiger partial charge in [0, 0.05) is 43.9 Å². The van der Waals surface area contributed by atoms with Crippen LogP contribution in [0.5, 0.6) is 0 Å². The van der Waals surface area contributed by atoms with Crippen molar-refractivity contribution in [3.63, 3.8) is 0 Å². The Hall–Kier alpha value is -1.48. The average Bonchev–Trinajstić information content (AvgIpc) is 3.16. The van der Waals surface area contributed by atoms with E-state index in [0.29, 0.717) is 18.7 Å². The Morgan fingerprint density at radius 3 is 2.69 bits per heavy atom. The van der Waals surface area contributed by atoms with Gasteiger partial charge in [-0.2, -0.15) is 0 Å². The van der Waals surface area contributed by atoms with Crippen LogP contribution < -0.4 is 10.0 Å². The van der Waals surface area contributed by atoms with Crippen LogP contribution in [0.4, 0.5) is 0 Å². The van der Waals surface area contributed by atoms with Crippen LogP contribution in [0.25, 0.3) is 0 Å². The third-order valence-corrected chi connectivity index (χ3v) is 6.67. The van der Waals surface area contributed by atoms with E-state index < -0.39 is 10.0 Å². The van der Waals surface area contributed by atoms with Gasteiger partial charge in [-0.1, -0.05) is 0 Å². The minimum atomic E-state index is -3.60. The Balaban J connectivity index is 1.66. The standard InChI is InChI=1S/C18H27N3O4S/c1-13-14(2)21(10-9-19-13)18(22)15-5-7-17(8-6-15)26(23,24)20-12-16-4-3-11-25-16/h5-8,13-14,16,19-20H,3-4,9-12H2,1-2H3. The quantitative estimate of drug-likeness (QED) is 0.793. The smallest absolute Gasteiger partial charge is 0.254 e. The van der Waals surface area contributed by atoms with E-state index in [1.54, 1.807) is 12.1 Å². The summed E-state index contributed by atoms with van der Waals surface area (Å²) in [5.41, 5.74) is 0.504. The highest BCUT2D eigenvalue weighted by Gasteiger charge is 2.29. The van der Waals surface area contributed by atoms with Crippen molar-refractivity contribution in [3.8, 4) is 0 Å². The fraction of sp³-hybridized carbons (Fsp3) is 0.611. The van der Waals surface area contributed by atoms with Gasteiger partial charge in [-0.15, -0.1) is 0 Å². The molecule has 144 valence electrons. The molecule has 0 saturated carbocycles. The normalized spacial score (nSPS) is 26.8. The molecule has 0 bridgehead atoms. The topological polar surface area (TPSA) is 87.7 Å². The number of nitrogens with one attached hydrogen (secondary N) is 2. The molecule has 1 amide bonds. The molecule has 0 spiro atoms. The van der Waals surface area contributed by atoms with E-state index in [4.69, 9.17) is 4.74 Å². The lowest BCUT2D eigenvalue weighted by atomic mass is 10.1. The van der Waals surface area contributed by atoms with Crippen LogP contribution in [0, 0.1) is 0 Å². The van der Waals surface area contributed by atoms with Crippen molar-refractivity contribution in [1.82, 2.24) is 14.9 Å². The SMILES string of the molecule is CC1NCCN(C(=O)c2ccc(S(=O)(=O)NCC3CCCO3)cc2)C1C. The Morgan fingerprint density at radius 1 is 1.31 bits per heavy atom. The van der Waals surface area contributed by atoms with Crippen LogP contribution >= 0.6 is 0 Å². The minimum Gasteiger partial charge on any atom is -0.377 e. The fourth-order valence-corrected chi connectivity index (χ4v) is 4.44. The Morgan fingerprint density at radius 2 is 2.04 bits per heavy atom. The molecule has 2 aliphatic rings. The summed E-state index contributed by atoms with van der Waals surface area (Å²) in [5.74, 6) is -0.0675. The van der Waals surface area contributed by atoms with E-state index in [2.05, 4.69) is 17.0 Å². The number of ether oxygens (including phenoxy) is 1. The molecule has 0 aliphatic carbocycles. The lowest BCUT2D eigenvalue weighted by Gasteiger charge is -2.38. The number of sulfonamides is 1. The van der Waals surface area contributed by atoms with Crippen molar-refractivity contribution in [3.05, 3.63) is 29.8 Å². The zero-order chi connectivity index (χ0) is 18.7. The van der Waals surface area contributed by atoms with Gasteiger partial charge in [-0.05, 0) is 51.0 Å². The van der Waals surface area contributed by atoms with Gasteiger partial charge in [0.05, 0.1) is 11.0 Å². The van der Waals surface area contributed by atoms with E-state index in [1.165, 1.54) is 12.1 Å². The zero-order valence-corrected chi connectivity index (χ0v) is 16.1. The van der Waals surface area contributed by atoms with Gasteiger partial charge >= 0.3 is 0 Å². The maximum atomic E-state index is 12.7. The first-order chi connectivity index (χ1) is 12.4. The highest BCUT2D eigenvalue weighted by molar-refractivity contribution is 7.89. The molecule has 2 N–H and O–H groups in total. The molecule has 1 aromatic carbocycles. The molecule has 0 radical (unpaired) electrons. The van der Waals surface area contributed by atoms with Crippen molar-refractivity contribution in [2.75, 3.05) is 26.2 Å². The zero-order valence-electron chi connectivity index (χ0n) is 15.3. The van der Waals surface area contributed by atoms with E-state index in [1.807, 2.05) is 11.8 Å². The molecule has 2 fully saturated rings. The van der Waals surface area contributed by atoms with Crippen LogP contribution in [0.1, 0.15) is 37.0 Å². The van der Waals surface area contributed by atoms with Crippen LogP contribution in [0.3, 0.4) is 0 Å². The number of carbonyl (C=O) groups is 1. The van der Waals surface area contributed by atoms with Crippen LogP contribution in [0.15, 0.2) is 29.2 Å². The molecule has 3 atom stereocenters. The van der Waals surface area contributed by atoms with Gasteiger partial charge in [-0.3, -0.25) is 4.79 Å². The van der Waals surface area contributed by atoms with E-state index in [0.717, 1.165) is 19.4 Å². The first-order valence-electron chi connectivity index (χ1n) is 9.14. The third-order valence-electron chi connectivity index (χ3n) is 5.23. The van der Waals surface area contributed by atoms with Gasteiger partial charge in [0.15, 0.2) is 0 Å². The van der Waals surface area contributed by atoms with Crippen molar-refractivity contribution in [1.29, 1.82) is 0 Å². The van der Waals surface area contributed by atoms with Crippen molar-refractivity contribution >= 4 is 15.9 Å². The number of rotatable bonds is 5. The molecule has 2 saturated heterocycles. The van der Waals surface area contributed by atoms with Gasteiger partial charge in [0.25, 0.3) is 5.91 Å². The van der Waals surface area contributed by atoms with Gasteiger partial charge < -0.3 is 15.0 Å². The second-order valence-corrected chi connectivity index (χ2v) is 8.76. The van der Waals surface area contributed by atoms with Gasteiger partial charge in [-0.25, -0.2) is 13.1 Å². The monoisotopic (exact) mass is 381 g/mol. The summed E-state index contributed by atoms with van der Waals surface area (Å²) in [6.07, 6.45) is 1.78. The van der Waals surface area contributed by atoms with Gasteiger partial charge in [0.2, 0.25) is 10.0 Å². The molecule has 7 nitrogen and oxygen atoms in total. The molecule has 0 aromatic heterocycles. The summed E-state index contributed by atoms with van der Waals surface area (Å²) >= 11 is 0. The van der Waals surface area contributed by atoms with Crippen molar-refractivity contribution in [2.24, 2.45) is 0 Å². The Labute approximate surface area is 155 Å². The molecule has 3 rings (SSSR count). The highest BCUT2D eigenvalue weighted by atomic mass is 32.2. The molecule has 26 heavy (non-hydrogen) atoms. The molecular weight excluding hydrogens is 354 g/mol. The third kappa shape index (κ3) is 4.25. The van der Waals surface area contributed by atoms with E-state index >= 15 is 0 Å². The molecule has 3 unspecified atom stereocenters. The van der Waals surface area contributed by atoms with Crippen LogP contribution in [-0.4, -0.2) is 63.7 Å².